The van der Waals surface area contributed by atoms with Crippen LogP contribution in [0.3, 0.4) is 0 Å². The van der Waals surface area contributed by atoms with E-state index in [2.05, 4.69) is 74.5 Å². The molecule has 0 aromatic heterocycles. The number of fused-ring (bicyclic) bond motifs is 10. The Labute approximate surface area is 477 Å². The van der Waals surface area contributed by atoms with Crippen molar-refractivity contribution in [2.24, 2.45) is 116 Å². The van der Waals surface area contributed by atoms with Crippen LogP contribution in [0, 0.1) is 116 Å². The first kappa shape index (κ1) is 63.4. The first-order valence-corrected chi connectivity index (χ1v) is 36.5. The second kappa shape index (κ2) is 21.0. The minimum Gasteiger partial charge on any atom is -0.392 e. The van der Waals surface area contributed by atoms with Gasteiger partial charge in [0, 0.05) is 0 Å². The Bertz CT molecular complexity index is 3040. The Morgan fingerprint density at radius 1 is 0.562 bits per heavy atom. The molecule has 9 aliphatic rings. The van der Waals surface area contributed by atoms with Crippen LogP contribution in [0.4, 0.5) is 0 Å². The molecule has 460 valence electrons. The number of allylic oxidation sites excluding steroid dienone is 4. The van der Waals surface area contributed by atoms with E-state index in [0.717, 1.165) is 51.4 Å². The summed E-state index contributed by atoms with van der Waals surface area (Å²) in [5, 5.41) is 8.41. The summed E-state index contributed by atoms with van der Waals surface area (Å²) < 4.78 is 191. The van der Waals surface area contributed by atoms with E-state index in [1.807, 2.05) is 13.8 Å². The van der Waals surface area contributed by atoms with Crippen LogP contribution in [0.5, 0.6) is 0 Å². The van der Waals surface area contributed by atoms with Gasteiger partial charge < -0.3 is 5.11 Å². The molecule has 0 amide bonds. The molecule has 24 heteroatoms. The lowest BCUT2D eigenvalue weighted by Gasteiger charge is -2.63. The van der Waals surface area contributed by atoms with E-state index in [1.165, 1.54) is 11.1 Å². The second-order valence-corrected chi connectivity index (χ2v) is 35.7. The average molecular weight is 1230 g/mol. The largest absolute Gasteiger partial charge is 0.397 e. The highest BCUT2D eigenvalue weighted by atomic mass is 32.3. The monoisotopic (exact) mass is 1230 g/mol. The van der Waals surface area contributed by atoms with Crippen molar-refractivity contribution in [3.05, 3.63) is 23.3 Å². The van der Waals surface area contributed by atoms with Crippen LogP contribution in [0.25, 0.3) is 0 Å². The molecule has 0 aliphatic heterocycles. The van der Waals surface area contributed by atoms with Crippen molar-refractivity contribution in [2.45, 2.75) is 207 Å². The maximum Gasteiger partial charge on any atom is 0.397 e. The van der Waals surface area contributed by atoms with E-state index in [4.69, 9.17) is 12.5 Å². The molecule has 0 heterocycles. The summed E-state index contributed by atoms with van der Waals surface area (Å²) in [7, 11) is -24.5. The van der Waals surface area contributed by atoms with Crippen molar-refractivity contribution < 1.29 is 82.5 Å². The summed E-state index contributed by atoms with van der Waals surface area (Å²) in [5.74, 6) is 0.392. The predicted molar refractivity (Wildman–Crippen MR) is 298 cm³/mol. The highest BCUT2D eigenvalue weighted by Crippen LogP contribution is 2.72. The molecule has 0 aromatic rings. The Morgan fingerprint density at radius 2 is 1.04 bits per heavy atom. The number of aliphatic hydroxyl groups is 1. The number of aliphatic hydroxyl groups excluding tert-OH is 1. The summed E-state index contributed by atoms with van der Waals surface area (Å²) in [6.45, 7) is 24.8. The molecule has 0 radical (unpaired) electrons. The van der Waals surface area contributed by atoms with Crippen LogP contribution in [0.2, 0.25) is 0 Å². The van der Waals surface area contributed by atoms with Crippen LogP contribution in [-0.2, 0) is 64.0 Å². The normalized spacial score (nSPS) is 47.1. The molecule has 0 bridgehead atoms. The van der Waals surface area contributed by atoms with Gasteiger partial charge in [-0.2, -0.15) is 42.1 Å². The molecule has 0 saturated heterocycles. The minimum absolute atomic E-state index is 0.0298. The SMILES string of the molecule is CC1=CC(C)(C)C(/C(C)=C/[C@@H](C)[C@H]2CC[C@H]3[C@@H]4CC(S(=O)(=O)O)C5CC(O)C(S(=O)(=O)O)C[C@]5(C)[C@H]4CC[C@]23C)C1C(C)C[C@@H](C)[C@H]1CC[C@H]2[C@@H]3C[C@H](OS(=O)(=O)O)C4C[C@H](OS(=O)(=O)O)[C@@H](OS(=O)(=O)O)C[C@]4(C)[C@H]3CC[C@]12C. The van der Waals surface area contributed by atoms with Gasteiger partial charge in [0.2, 0.25) is 0 Å². The Balaban J connectivity index is 0.919. The van der Waals surface area contributed by atoms with E-state index >= 15 is 0 Å². The molecule has 8 saturated carbocycles. The Kier molecular flexibility index (Phi) is 16.7. The van der Waals surface area contributed by atoms with Crippen molar-refractivity contribution in [3.8, 4) is 0 Å². The zero-order valence-electron chi connectivity index (χ0n) is 48.4. The van der Waals surface area contributed by atoms with Gasteiger partial charge in [-0.25, -0.2) is 12.5 Å². The van der Waals surface area contributed by atoms with Crippen molar-refractivity contribution >= 4 is 51.4 Å². The van der Waals surface area contributed by atoms with Crippen molar-refractivity contribution in [1.82, 2.24) is 0 Å². The first-order valence-electron chi connectivity index (χ1n) is 29.4. The summed E-state index contributed by atoms with van der Waals surface area (Å²) in [6, 6.07) is 0. The molecule has 8 fully saturated rings. The van der Waals surface area contributed by atoms with Crippen LogP contribution >= 0.6 is 0 Å². The topological polar surface area (TPSA) is 320 Å². The molecule has 19 nitrogen and oxygen atoms in total. The van der Waals surface area contributed by atoms with Gasteiger partial charge >= 0.3 is 31.2 Å². The Morgan fingerprint density at radius 3 is 1.57 bits per heavy atom. The molecule has 0 spiro atoms. The third-order valence-electron chi connectivity index (χ3n) is 24.9. The molecule has 9 aliphatic carbocycles. The van der Waals surface area contributed by atoms with Gasteiger partial charge in [-0.1, -0.05) is 85.6 Å². The Hall–Kier alpha value is -1.13. The molecule has 8 unspecified atom stereocenters. The summed E-state index contributed by atoms with van der Waals surface area (Å²) in [5.41, 5.74) is 0.521. The van der Waals surface area contributed by atoms with Crippen molar-refractivity contribution in [1.29, 1.82) is 0 Å². The van der Waals surface area contributed by atoms with Gasteiger partial charge in [0.25, 0.3) is 20.2 Å². The maximum absolute atomic E-state index is 13.2. The lowest BCUT2D eigenvalue weighted by atomic mass is 9.43. The van der Waals surface area contributed by atoms with Crippen LogP contribution in [-0.4, -0.2) is 105 Å². The average Bonchev–Trinajstić information content (AvgIpc) is 4.06. The quantitative estimate of drug-likeness (QED) is 0.0656. The van der Waals surface area contributed by atoms with E-state index < -0.39 is 109 Å². The molecule has 25 atom stereocenters. The molecule has 0 aromatic carbocycles. The van der Waals surface area contributed by atoms with E-state index in [-0.39, 0.29) is 108 Å². The third kappa shape index (κ3) is 11.4. The van der Waals surface area contributed by atoms with Crippen molar-refractivity contribution in [2.75, 3.05) is 0 Å². The fraction of sp³-hybridized carbons (Fsp3) is 0.929. The highest BCUT2D eigenvalue weighted by Gasteiger charge is 2.68. The van der Waals surface area contributed by atoms with E-state index in [1.54, 1.807) is 0 Å². The standard InChI is InChI=1S/C56H92O19S5/c1-29(36-12-14-38-34-22-45(73-78(64,65)66)42-25-46(74-79(67,68)69)47(75-80(70,71)72)27-55(42,10)40(34)16-18-53(36,38)8)20-31(3)50-33(5)26-52(6,7)51(50)32(4)21-30(2)37-13-15-39-35-23-48(76(58,59)60)43-24-44(57)49(77(61,62)63)28-56(43,11)41(35)17-19-54(37,39)9/h21,26,29-31,34-51,57H,12-20,22-25,27-28H2,1-11H3,(H,58,59,60)(H,61,62,63)(H,64,65,66)(H,67,68,69)(H,70,71,72)/b32-21+/t29-,30-,31?,34+,35+,36-,37-,38+,39+,40+,41+,42?,43?,44?,45+,46+,47+,48?,49?,50?,51?,53-,54-,55-,56-/m1/s1. The van der Waals surface area contributed by atoms with Gasteiger partial charge in [-0.15, -0.1) is 0 Å². The number of rotatable bonds is 15. The maximum atomic E-state index is 13.2. The van der Waals surface area contributed by atoms with Crippen molar-refractivity contribution in [3.63, 3.8) is 0 Å². The fourth-order valence-electron chi connectivity index (χ4n) is 22.5. The fourth-order valence-corrected chi connectivity index (χ4v) is 26.4. The zero-order chi connectivity index (χ0) is 59.4. The van der Waals surface area contributed by atoms with Gasteiger partial charge in [0.1, 0.15) is 17.5 Å². The lowest BCUT2D eigenvalue weighted by molar-refractivity contribution is -0.184. The first-order chi connectivity index (χ1) is 36.4. The zero-order valence-corrected chi connectivity index (χ0v) is 52.5. The van der Waals surface area contributed by atoms with Crippen LogP contribution < -0.4 is 0 Å². The summed E-state index contributed by atoms with van der Waals surface area (Å²) in [6.07, 6.45) is 6.86. The lowest BCUT2D eigenvalue weighted by Crippen LogP contribution is -2.62. The van der Waals surface area contributed by atoms with Gasteiger partial charge in [-0.05, 0) is 226 Å². The summed E-state index contributed by atoms with van der Waals surface area (Å²) in [4.78, 5) is 0. The smallest absolute Gasteiger partial charge is 0.392 e. The highest BCUT2D eigenvalue weighted by molar-refractivity contribution is 7.86. The number of hydrogen-bond acceptors (Lipinski definition) is 14. The molecule has 80 heavy (non-hydrogen) atoms. The van der Waals surface area contributed by atoms with Gasteiger partial charge in [0.05, 0.1) is 17.5 Å². The van der Waals surface area contributed by atoms with Crippen LogP contribution in [0.15, 0.2) is 23.3 Å². The molecular formula is C56H92O19S5. The second-order valence-electron chi connectivity index (χ2n) is 29.3. The molecular weight excluding hydrogens is 1140 g/mol. The number of hydrogen-bond donors (Lipinski definition) is 6. The minimum atomic E-state index is -5.15. The molecule has 6 N–H and O–H groups in total. The van der Waals surface area contributed by atoms with E-state index in [0.29, 0.717) is 30.1 Å². The predicted octanol–water partition coefficient (Wildman–Crippen LogP) is 9.64. The van der Waals surface area contributed by atoms with Gasteiger partial charge in [0.15, 0.2) is 0 Å². The van der Waals surface area contributed by atoms with Crippen LogP contribution in [0.1, 0.15) is 172 Å². The van der Waals surface area contributed by atoms with E-state index in [9.17, 15) is 70.0 Å². The third-order valence-corrected chi connectivity index (χ3v) is 28.9. The van der Waals surface area contributed by atoms with Gasteiger partial charge in [-0.3, -0.25) is 22.8 Å². The summed E-state index contributed by atoms with van der Waals surface area (Å²) >= 11 is 0. The molecule has 9 rings (SSSR count).